The fraction of sp³-hybridized carbons (Fsp3) is 0.875. The molecule has 0 aromatic rings. The summed E-state index contributed by atoms with van der Waals surface area (Å²) in [6.45, 7) is 2.68. The Morgan fingerprint density at radius 3 is 2.92 bits per heavy atom. The molecular weight excluding hydrogens is 222 g/mol. The second-order valence-electron chi connectivity index (χ2n) is 3.27. The quantitative estimate of drug-likeness (QED) is 0.708. The number of piperidine rings is 1. The molecule has 0 aromatic carbocycles. The van der Waals surface area contributed by atoms with E-state index in [0.29, 0.717) is 12.5 Å². The van der Waals surface area contributed by atoms with Gasteiger partial charge in [0, 0.05) is 17.9 Å². The summed E-state index contributed by atoms with van der Waals surface area (Å²) in [4.78, 5) is 12.3. The molecule has 0 aromatic heterocycles. The standard InChI is InChI=1S/C8H14BrNO2/c1-6-7(5-9)3-2-4-10(6)8(11)12/h6-7H,2-5H2,1H3,(H,11,12). The number of carboxylic acid groups (broad SMARTS) is 1. The van der Waals surface area contributed by atoms with Gasteiger partial charge in [0.1, 0.15) is 0 Å². The monoisotopic (exact) mass is 235 g/mol. The van der Waals surface area contributed by atoms with Gasteiger partial charge < -0.3 is 10.0 Å². The average molecular weight is 236 g/mol. The van der Waals surface area contributed by atoms with E-state index >= 15 is 0 Å². The molecule has 1 fully saturated rings. The van der Waals surface area contributed by atoms with Gasteiger partial charge in [-0.3, -0.25) is 0 Å². The number of likely N-dealkylation sites (tertiary alicyclic amines) is 1. The Labute approximate surface area is 80.9 Å². The van der Waals surface area contributed by atoms with Gasteiger partial charge in [0.05, 0.1) is 0 Å². The van der Waals surface area contributed by atoms with Gasteiger partial charge in [-0.25, -0.2) is 4.79 Å². The van der Waals surface area contributed by atoms with Crippen molar-refractivity contribution < 1.29 is 9.90 Å². The maximum Gasteiger partial charge on any atom is 0.407 e. The Bertz CT molecular complexity index is 174. The second kappa shape index (κ2) is 4.12. The molecule has 2 unspecified atom stereocenters. The summed E-state index contributed by atoms with van der Waals surface area (Å²) in [5, 5.41) is 9.73. The number of rotatable bonds is 1. The van der Waals surface area contributed by atoms with Gasteiger partial charge in [-0.05, 0) is 25.7 Å². The van der Waals surface area contributed by atoms with Crippen molar-refractivity contribution >= 4 is 22.0 Å². The van der Waals surface area contributed by atoms with Crippen LogP contribution >= 0.6 is 15.9 Å². The third-order valence-corrected chi connectivity index (χ3v) is 3.42. The van der Waals surface area contributed by atoms with E-state index in [9.17, 15) is 4.79 Å². The van der Waals surface area contributed by atoms with Crippen molar-refractivity contribution in [3.8, 4) is 0 Å². The van der Waals surface area contributed by atoms with Gasteiger partial charge in [-0.2, -0.15) is 0 Å². The van der Waals surface area contributed by atoms with Crippen LogP contribution in [0, 0.1) is 5.92 Å². The van der Waals surface area contributed by atoms with E-state index in [4.69, 9.17) is 5.11 Å². The number of nitrogens with zero attached hydrogens (tertiary/aromatic N) is 1. The molecular formula is C8H14BrNO2. The lowest BCUT2D eigenvalue weighted by Crippen LogP contribution is -2.46. The number of hydrogen-bond acceptors (Lipinski definition) is 1. The molecule has 1 aliphatic heterocycles. The van der Waals surface area contributed by atoms with E-state index in [1.54, 1.807) is 0 Å². The first-order chi connectivity index (χ1) is 5.66. The highest BCUT2D eigenvalue weighted by Crippen LogP contribution is 2.24. The fourth-order valence-corrected chi connectivity index (χ4v) is 2.56. The summed E-state index contributed by atoms with van der Waals surface area (Å²) in [5.41, 5.74) is 0. The van der Waals surface area contributed by atoms with Crippen molar-refractivity contribution in [2.75, 3.05) is 11.9 Å². The first-order valence-corrected chi connectivity index (χ1v) is 5.34. The van der Waals surface area contributed by atoms with Crippen LogP contribution in [-0.2, 0) is 0 Å². The zero-order chi connectivity index (χ0) is 9.14. The predicted octanol–water partition coefficient (Wildman–Crippen LogP) is 2.16. The van der Waals surface area contributed by atoms with Gasteiger partial charge in [0.25, 0.3) is 0 Å². The minimum atomic E-state index is -0.784. The topological polar surface area (TPSA) is 40.5 Å². The van der Waals surface area contributed by atoms with E-state index in [2.05, 4.69) is 15.9 Å². The highest BCUT2D eigenvalue weighted by molar-refractivity contribution is 9.09. The number of amides is 1. The maximum absolute atomic E-state index is 10.7. The van der Waals surface area contributed by atoms with Crippen LogP contribution < -0.4 is 0 Å². The van der Waals surface area contributed by atoms with Crippen LogP contribution in [0.5, 0.6) is 0 Å². The molecule has 1 heterocycles. The lowest BCUT2D eigenvalue weighted by molar-refractivity contribution is 0.0921. The van der Waals surface area contributed by atoms with Crippen LogP contribution in [0.15, 0.2) is 0 Å². The van der Waals surface area contributed by atoms with E-state index in [-0.39, 0.29) is 6.04 Å². The summed E-state index contributed by atoms with van der Waals surface area (Å²) in [7, 11) is 0. The third-order valence-electron chi connectivity index (χ3n) is 2.59. The van der Waals surface area contributed by atoms with Crippen molar-refractivity contribution in [3.63, 3.8) is 0 Å². The smallest absolute Gasteiger partial charge is 0.407 e. The van der Waals surface area contributed by atoms with Crippen LogP contribution in [0.25, 0.3) is 0 Å². The van der Waals surface area contributed by atoms with Gasteiger partial charge in [0.15, 0.2) is 0 Å². The molecule has 0 radical (unpaired) electrons. The summed E-state index contributed by atoms with van der Waals surface area (Å²) in [5.74, 6) is 0.481. The minimum Gasteiger partial charge on any atom is -0.465 e. The van der Waals surface area contributed by atoms with Gasteiger partial charge >= 0.3 is 6.09 Å². The van der Waals surface area contributed by atoms with Crippen LogP contribution in [0.2, 0.25) is 0 Å². The van der Waals surface area contributed by atoms with Gasteiger partial charge in [-0.15, -0.1) is 0 Å². The Morgan fingerprint density at radius 1 is 1.75 bits per heavy atom. The molecule has 1 saturated heterocycles. The third kappa shape index (κ3) is 1.91. The molecule has 0 spiro atoms. The minimum absolute atomic E-state index is 0.163. The molecule has 3 nitrogen and oxygen atoms in total. The first-order valence-electron chi connectivity index (χ1n) is 4.22. The maximum atomic E-state index is 10.7. The Morgan fingerprint density at radius 2 is 2.42 bits per heavy atom. The highest BCUT2D eigenvalue weighted by atomic mass is 79.9. The van der Waals surface area contributed by atoms with Crippen molar-refractivity contribution in [1.29, 1.82) is 0 Å². The molecule has 1 aliphatic rings. The van der Waals surface area contributed by atoms with Gasteiger partial charge in [0.2, 0.25) is 0 Å². The average Bonchev–Trinajstić information content (AvgIpc) is 2.04. The second-order valence-corrected chi connectivity index (χ2v) is 3.92. The van der Waals surface area contributed by atoms with Crippen LogP contribution in [0.4, 0.5) is 4.79 Å². The number of halogens is 1. The zero-order valence-electron chi connectivity index (χ0n) is 7.16. The summed E-state index contributed by atoms with van der Waals surface area (Å²) >= 11 is 3.41. The Kier molecular flexibility index (Phi) is 3.38. The lowest BCUT2D eigenvalue weighted by Gasteiger charge is -2.36. The Balaban J connectivity index is 2.59. The molecule has 12 heavy (non-hydrogen) atoms. The molecule has 0 saturated carbocycles. The summed E-state index contributed by atoms with van der Waals surface area (Å²) in [6.07, 6.45) is 1.34. The zero-order valence-corrected chi connectivity index (χ0v) is 8.75. The molecule has 1 rings (SSSR count). The number of alkyl halides is 1. The fourth-order valence-electron chi connectivity index (χ4n) is 1.70. The first kappa shape index (κ1) is 9.84. The van der Waals surface area contributed by atoms with E-state index in [1.807, 2.05) is 6.92 Å². The molecule has 1 N–H and O–H groups in total. The lowest BCUT2D eigenvalue weighted by atomic mass is 9.92. The molecule has 4 heteroatoms. The van der Waals surface area contributed by atoms with Crippen molar-refractivity contribution in [2.24, 2.45) is 5.92 Å². The molecule has 0 bridgehead atoms. The highest BCUT2D eigenvalue weighted by Gasteiger charge is 2.29. The van der Waals surface area contributed by atoms with Crippen LogP contribution in [0.3, 0.4) is 0 Å². The summed E-state index contributed by atoms with van der Waals surface area (Å²) < 4.78 is 0. The predicted molar refractivity (Wildman–Crippen MR) is 50.7 cm³/mol. The van der Waals surface area contributed by atoms with Crippen molar-refractivity contribution in [2.45, 2.75) is 25.8 Å². The largest absolute Gasteiger partial charge is 0.465 e. The van der Waals surface area contributed by atoms with Crippen molar-refractivity contribution in [1.82, 2.24) is 4.90 Å². The molecule has 2 atom stereocenters. The number of hydrogen-bond donors (Lipinski definition) is 1. The van der Waals surface area contributed by atoms with E-state index in [1.165, 1.54) is 4.90 Å². The van der Waals surface area contributed by atoms with Gasteiger partial charge in [-0.1, -0.05) is 15.9 Å². The van der Waals surface area contributed by atoms with Crippen LogP contribution in [-0.4, -0.2) is 34.0 Å². The number of carbonyl (C=O) groups is 1. The summed E-state index contributed by atoms with van der Waals surface area (Å²) in [6, 6.07) is 0.163. The van der Waals surface area contributed by atoms with E-state index in [0.717, 1.165) is 18.2 Å². The SMILES string of the molecule is CC1C(CBr)CCCN1C(=O)O. The molecule has 1 amide bonds. The normalized spacial score (nSPS) is 30.3. The molecule has 0 aliphatic carbocycles. The molecule has 70 valence electrons. The van der Waals surface area contributed by atoms with Crippen LogP contribution in [0.1, 0.15) is 19.8 Å². The Hall–Kier alpha value is -0.250. The van der Waals surface area contributed by atoms with E-state index < -0.39 is 6.09 Å². The van der Waals surface area contributed by atoms with Crippen molar-refractivity contribution in [3.05, 3.63) is 0 Å².